The molecular weight excluding hydrogens is 239 g/mol. The Morgan fingerprint density at radius 2 is 1.83 bits per heavy atom. The van der Waals surface area contributed by atoms with E-state index in [0.717, 1.165) is 6.07 Å². The van der Waals surface area contributed by atoms with Crippen molar-refractivity contribution in [1.29, 1.82) is 0 Å². The summed E-state index contributed by atoms with van der Waals surface area (Å²) in [7, 11) is -1.80. The van der Waals surface area contributed by atoms with Crippen molar-refractivity contribution in [3.63, 3.8) is 0 Å². The zero-order valence-electron chi connectivity index (χ0n) is 9.56. The van der Waals surface area contributed by atoms with Crippen LogP contribution in [0.5, 0.6) is 0 Å². The predicted octanol–water partition coefficient (Wildman–Crippen LogP) is 1.02. The van der Waals surface area contributed by atoms with Gasteiger partial charge in [-0.15, -0.1) is 0 Å². The molecule has 0 saturated heterocycles. The van der Waals surface area contributed by atoms with Gasteiger partial charge >= 0.3 is 7.12 Å². The van der Waals surface area contributed by atoms with Crippen LogP contribution in [0.4, 0.5) is 8.78 Å². The Labute approximate surface area is 103 Å². The van der Waals surface area contributed by atoms with Gasteiger partial charge in [-0.2, -0.15) is 0 Å². The van der Waals surface area contributed by atoms with E-state index < -0.39 is 18.8 Å². The zero-order chi connectivity index (χ0) is 13.3. The Kier molecular flexibility index (Phi) is 3.40. The van der Waals surface area contributed by atoms with Crippen molar-refractivity contribution < 1.29 is 18.8 Å². The summed E-state index contributed by atoms with van der Waals surface area (Å²) in [4.78, 5) is 4.04. The van der Waals surface area contributed by atoms with E-state index >= 15 is 0 Å². The topological polar surface area (TPSA) is 53.4 Å². The minimum atomic E-state index is -1.80. The van der Waals surface area contributed by atoms with E-state index in [1.165, 1.54) is 18.2 Å². The van der Waals surface area contributed by atoms with Gasteiger partial charge in [0.1, 0.15) is 0 Å². The SMILES string of the molecule is Cc1ccc(B(O)O)c(-c2cccc(F)c2F)n1. The second kappa shape index (κ2) is 4.84. The number of benzene rings is 1. The summed E-state index contributed by atoms with van der Waals surface area (Å²) in [5, 5.41) is 18.4. The molecule has 0 atom stereocenters. The summed E-state index contributed by atoms with van der Waals surface area (Å²) in [5.41, 5.74) is 0.534. The number of hydrogen-bond acceptors (Lipinski definition) is 3. The van der Waals surface area contributed by atoms with Crippen LogP contribution >= 0.6 is 0 Å². The molecule has 0 aliphatic carbocycles. The standard InChI is InChI=1S/C12H10BF2NO2/c1-7-5-6-9(13(17)18)12(16-7)8-3-2-4-10(14)11(8)15/h2-6,17-18H,1H3. The molecule has 2 aromatic rings. The number of pyridine rings is 1. The molecule has 0 bridgehead atoms. The Balaban J connectivity index is 2.69. The van der Waals surface area contributed by atoms with Crippen LogP contribution in [0.2, 0.25) is 0 Å². The molecule has 0 aliphatic heterocycles. The van der Waals surface area contributed by atoms with Crippen LogP contribution < -0.4 is 5.46 Å². The molecule has 0 saturated carbocycles. The lowest BCUT2D eigenvalue weighted by Gasteiger charge is -2.10. The molecule has 0 spiro atoms. The second-order valence-corrected chi connectivity index (χ2v) is 3.87. The number of rotatable bonds is 2. The van der Waals surface area contributed by atoms with E-state index in [2.05, 4.69) is 4.98 Å². The predicted molar refractivity (Wildman–Crippen MR) is 64.2 cm³/mol. The molecule has 3 nitrogen and oxygen atoms in total. The van der Waals surface area contributed by atoms with Gasteiger partial charge in [-0.3, -0.25) is 4.98 Å². The van der Waals surface area contributed by atoms with Crippen molar-refractivity contribution in [2.24, 2.45) is 0 Å². The molecule has 0 fully saturated rings. The smallest absolute Gasteiger partial charge is 0.423 e. The molecule has 1 aromatic carbocycles. The van der Waals surface area contributed by atoms with Crippen molar-refractivity contribution in [2.45, 2.75) is 6.92 Å². The summed E-state index contributed by atoms with van der Waals surface area (Å²) >= 11 is 0. The Morgan fingerprint density at radius 1 is 1.11 bits per heavy atom. The Bertz CT molecular complexity index is 590. The van der Waals surface area contributed by atoms with Crippen molar-refractivity contribution in [3.05, 3.63) is 47.7 Å². The van der Waals surface area contributed by atoms with Gasteiger partial charge in [0, 0.05) is 16.7 Å². The van der Waals surface area contributed by atoms with Gasteiger partial charge in [-0.1, -0.05) is 12.1 Å². The summed E-state index contributed by atoms with van der Waals surface area (Å²) in [6.07, 6.45) is 0. The highest BCUT2D eigenvalue weighted by atomic mass is 19.2. The molecule has 92 valence electrons. The van der Waals surface area contributed by atoms with Crippen LogP contribution in [-0.2, 0) is 0 Å². The maximum absolute atomic E-state index is 13.7. The summed E-state index contributed by atoms with van der Waals surface area (Å²) in [5.74, 6) is -2.06. The van der Waals surface area contributed by atoms with Gasteiger partial charge in [-0.05, 0) is 25.1 Å². The maximum Gasteiger partial charge on any atom is 0.490 e. The Hall–Kier alpha value is -1.79. The van der Waals surface area contributed by atoms with Crippen LogP contribution in [0.3, 0.4) is 0 Å². The first-order valence-corrected chi connectivity index (χ1v) is 5.28. The number of hydrogen-bond donors (Lipinski definition) is 2. The molecule has 0 unspecified atom stereocenters. The normalized spacial score (nSPS) is 10.5. The fourth-order valence-electron chi connectivity index (χ4n) is 1.68. The highest BCUT2D eigenvalue weighted by molar-refractivity contribution is 6.60. The highest BCUT2D eigenvalue weighted by Crippen LogP contribution is 2.21. The molecule has 0 amide bonds. The third kappa shape index (κ3) is 2.25. The minimum Gasteiger partial charge on any atom is -0.423 e. The van der Waals surface area contributed by atoms with E-state index in [-0.39, 0.29) is 16.7 Å². The van der Waals surface area contributed by atoms with Gasteiger partial charge in [0.05, 0.1) is 5.69 Å². The van der Waals surface area contributed by atoms with E-state index in [9.17, 15) is 18.8 Å². The number of nitrogens with zero attached hydrogens (tertiary/aromatic N) is 1. The minimum absolute atomic E-state index is 0.0296. The number of aromatic nitrogens is 1. The second-order valence-electron chi connectivity index (χ2n) is 3.87. The first-order valence-electron chi connectivity index (χ1n) is 5.28. The molecule has 1 heterocycles. The van der Waals surface area contributed by atoms with Crippen molar-refractivity contribution in [3.8, 4) is 11.3 Å². The quantitative estimate of drug-likeness (QED) is 0.781. The number of aryl methyl sites for hydroxylation is 1. The zero-order valence-corrected chi connectivity index (χ0v) is 9.56. The lowest BCUT2D eigenvalue weighted by atomic mass is 9.77. The summed E-state index contributed by atoms with van der Waals surface area (Å²) in [6, 6.07) is 6.66. The lowest BCUT2D eigenvalue weighted by molar-refractivity contribution is 0.425. The molecule has 6 heteroatoms. The average Bonchev–Trinajstić information content (AvgIpc) is 2.32. The van der Waals surface area contributed by atoms with Gasteiger partial charge in [0.15, 0.2) is 11.6 Å². The largest absolute Gasteiger partial charge is 0.490 e. The van der Waals surface area contributed by atoms with Crippen LogP contribution in [0.1, 0.15) is 5.69 Å². The molecule has 18 heavy (non-hydrogen) atoms. The summed E-state index contributed by atoms with van der Waals surface area (Å²) < 4.78 is 26.9. The van der Waals surface area contributed by atoms with E-state index in [4.69, 9.17) is 0 Å². The average molecular weight is 249 g/mol. The van der Waals surface area contributed by atoms with E-state index in [1.54, 1.807) is 13.0 Å². The fraction of sp³-hybridized carbons (Fsp3) is 0.0833. The third-order valence-electron chi connectivity index (χ3n) is 2.55. The van der Waals surface area contributed by atoms with Crippen molar-refractivity contribution >= 4 is 12.6 Å². The van der Waals surface area contributed by atoms with Crippen molar-refractivity contribution in [2.75, 3.05) is 0 Å². The van der Waals surface area contributed by atoms with Crippen molar-refractivity contribution in [1.82, 2.24) is 4.98 Å². The lowest BCUT2D eigenvalue weighted by Crippen LogP contribution is -2.32. The monoisotopic (exact) mass is 249 g/mol. The fourth-order valence-corrected chi connectivity index (χ4v) is 1.68. The molecule has 2 N–H and O–H groups in total. The van der Waals surface area contributed by atoms with Crippen LogP contribution in [-0.4, -0.2) is 22.2 Å². The third-order valence-corrected chi connectivity index (χ3v) is 2.55. The molecule has 2 rings (SSSR count). The van der Waals surface area contributed by atoms with Crippen LogP contribution in [0.25, 0.3) is 11.3 Å². The first kappa shape index (κ1) is 12.7. The summed E-state index contributed by atoms with van der Waals surface area (Å²) in [6.45, 7) is 1.67. The van der Waals surface area contributed by atoms with E-state index in [0.29, 0.717) is 5.69 Å². The molecule has 0 aliphatic rings. The number of halogens is 2. The van der Waals surface area contributed by atoms with Crippen LogP contribution in [0.15, 0.2) is 30.3 Å². The molecule has 0 radical (unpaired) electrons. The van der Waals surface area contributed by atoms with Gasteiger partial charge in [-0.25, -0.2) is 8.78 Å². The van der Waals surface area contributed by atoms with Gasteiger partial charge in [0.2, 0.25) is 0 Å². The maximum atomic E-state index is 13.7. The van der Waals surface area contributed by atoms with Crippen LogP contribution in [0, 0.1) is 18.6 Å². The van der Waals surface area contributed by atoms with Gasteiger partial charge < -0.3 is 10.0 Å². The van der Waals surface area contributed by atoms with Gasteiger partial charge in [0.25, 0.3) is 0 Å². The molecular formula is C12H10BF2NO2. The highest BCUT2D eigenvalue weighted by Gasteiger charge is 2.21. The first-order chi connectivity index (χ1) is 8.50. The Morgan fingerprint density at radius 3 is 2.50 bits per heavy atom. The molecule has 1 aromatic heterocycles. The van der Waals surface area contributed by atoms with E-state index in [1.807, 2.05) is 0 Å².